The minimum atomic E-state index is -1.08. The van der Waals surface area contributed by atoms with E-state index in [1.54, 1.807) is 18.2 Å². The smallest absolute Gasteiger partial charge is 0.243 e. The first kappa shape index (κ1) is 22.8. The van der Waals surface area contributed by atoms with Gasteiger partial charge in [0, 0.05) is 24.2 Å². The van der Waals surface area contributed by atoms with Gasteiger partial charge in [-0.3, -0.25) is 9.96 Å². The highest BCUT2D eigenvalue weighted by molar-refractivity contribution is 5.75. The van der Waals surface area contributed by atoms with Gasteiger partial charge >= 0.3 is 0 Å². The number of hydrogen-bond donors (Lipinski definition) is 2. The Labute approximate surface area is 197 Å². The van der Waals surface area contributed by atoms with Crippen LogP contribution in [0.5, 0.6) is 0 Å². The number of hydroxylamine groups is 1. The fourth-order valence-electron chi connectivity index (χ4n) is 4.81. The molecule has 178 valence electrons. The Kier molecular flexibility index (Phi) is 6.03. The predicted molar refractivity (Wildman–Crippen MR) is 129 cm³/mol. The zero-order valence-corrected chi connectivity index (χ0v) is 19.3. The van der Waals surface area contributed by atoms with Crippen molar-refractivity contribution < 1.29 is 8.78 Å². The van der Waals surface area contributed by atoms with E-state index < -0.39 is 10.5 Å². The molecule has 3 aromatic rings. The van der Waals surface area contributed by atoms with Gasteiger partial charge in [-0.2, -0.15) is 4.98 Å². The molecule has 34 heavy (non-hydrogen) atoms. The van der Waals surface area contributed by atoms with Gasteiger partial charge in [-0.15, -0.1) is 0 Å². The first-order chi connectivity index (χ1) is 16.3. The molecule has 1 aromatic heterocycles. The maximum absolute atomic E-state index is 14.8. The van der Waals surface area contributed by atoms with Crippen LogP contribution in [0.4, 0.5) is 26.2 Å². The lowest BCUT2D eigenvalue weighted by Crippen LogP contribution is -2.50. The van der Waals surface area contributed by atoms with E-state index >= 15 is 0 Å². The number of nitrogens with one attached hydrogen (secondary N) is 2. The Bertz CT molecular complexity index is 1210. The summed E-state index contributed by atoms with van der Waals surface area (Å²) in [7, 11) is 2.09. The zero-order chi connectivity index (χ0) is 23.9. The van der Waals surface area contributed by atoms with Crippen LogP contribution in [0.2, 0.25) is 0 Å². The molecule has 1 atom stereocenters. The Morgan fingerprint density at radius 3 is 2.62 bits per heavy atom. The summed E-state index contributed by atoms with van der Waals surface area (Å²) >= 11 is 0. The first-order valence-electron chi connectivity index (χ1n) is 11.5. The highest BCUT2D eigenvalue weighted by Gasteiger charge is 2.37. The first-order valence-corrected chi connectivity index (χ1v) is 11.5. The van der Waals surface area contributed by atoms with Gasteiger partial charge in [-0.1, -0.05) is 12.1 Å². The number of para-hydroxylation sites is 1. The van der Waals surface area contributed by atoms with Gasteiger partial charge in [0.05, 0.1) is 11.3 Å². The van der Waals surface area contributed by atoms with Gasteiger partial charge in [0.1, 0.15) is 12.5 Å². The van der Waals surface area contributed by atoms with E-state index in [0.29, 0.717) is 29.3 Å². The molecule has 0 aliphatic carbocycles. The van der Waals surface area contributed by atoms with Crippen molar-refractivity contribution in [3.05, 3.63) is 70.4 Å². The highest BCUT2D eigenvalue weighted by Crippen LogP contribution is 2.42. The molecule has 1 unspecified atom stereocenters. The number of aromatic nitrogens is 2. The molecule has 0 amide bonds. The van der Waals surface area contributed by atoms with Gasteiger partial charge in [0.25, 0.3) is 0 Å². The number of piperidine rings is 1. The molecule has 2 aliphatic heterocycles. The van der Waals surface area contributed by atoms with Crippen LogP contribution in [0.3, 0.4) is 0 Å². The lowest BCUT2D eigenvalue weighted by atomic mass is 9.99. The van der Waals surface area contributed by atoms with Crippen molar-refractivity contribution in [1.82, 2.24) is 24.8 Å². The summed E-state index contributed by atoms with van der Waals surface area (Å²) in [6, 6.07) is 10.6. The molecule has 3 heterocycles. The largest absolute Gasteiger partial charge is 0.620 e. The van der Waals surface area contributed by atoms with E-state index in [9.17, 15) is 14.0 Å². The molecule has 2 N–H and O–H groups in total. The molecular weight excluding hydrogens is 438 g/mol. The minimum Gasteiger partial charge on any atom is -0.620 e. The summed E-state index contributed by atoms with van der Waals surface area (Å²) in [5.41, 5.74) is 2.55. The van der Waals surface area contributed by atoms with Crippen molar-refractivity contribution >= 4 is 17.5 Å². The maximum atomic E-state index is 14.8. The van der Waals surface area contributed by atoms with E-state index in [1.165, 1.54) is 24.3 Å². The average Bonchev–Trinajstić information content (AvgIpc) is 2.81. The summed E-state index contributed by atoms with van der Waals surface area (Å²) in [5.74, 6) is -0.390. The zero-order valence-electron chi connectivity index (χ0n) is 19.3. The summed E-state index contributed by atoms with van der Waals surface area (Å²) in [6.07, 6.45) is 1.85. The minimum absolute atomic E-state index is 0.0123. The van der Waals surface area contributed by atoms with Gasteiger partial charge in [-0.25, -0.2) is 13.8 Å². The molecular formula is C25H28F2N6O. The molecule has 7 nitrogen and oxygen atoms in total. The predicted octanol–water partition coefficient (Wildman–Crippen LogP) is 4.43. The highest BCUT2D eigenvalue weighted by atomic mass is 19.1. The second-order valence-electron chi connectivity index (χ2n) is 9.16. The molecule has 0 saturated carbocycles. The third-order valence-corrected chi connectivity index (χ3v) is 6.70. The van der Waals surface area contributed by atoms with Crippen molar-refractivity contribution in [2.45, 2.75) is 32.4 Å². The number of anilines is 1. The van der Waals surface area contributed by atoms with Crippen LogP contribution >= 0.6 is 0 Å². The van der Waals surface area contributed by atoms with Crippen molar-refractivity contribution in [3.8, 4) is 11.3 Å². The van der Waals surface area contributed by atoms with Gasteiger partial charge in [0.15, 0.2) is 11.5 Å². The molecule has 1 saturated heterocycles. The molecule has 0 bridgehead atoms. The van der Waals surface area contributed by atoms with Gasteiger partial charge in [0.2, 0.25) is 11.8 Å². The summed E-state index contributed by atoms with van der Waals surface area (Å²) < 4.78 is 27.6. The number of benzene rings is 2. The molecule has 2 aromatic carbocycles. The van der Waals surface area contributed by atoms with Crippen molar-refractivity contribution in [2.75, 3.05) is 32.1 Å². The maximum Gasteiger partial charge on any atom is 0.243 e. The van der Waals surface area contributed by atoms with Crippen LogP contribution in [0.25, 0.3) is 11.3 Å². The van der Waals surface area contributed by atoms with Crippen LogP contribution in [-0.2, 0) is 6.54 Å². The number of fused-ring (bicyclic) bond motifs is 1. The number of halogens is 2. The van der Waals surface area contributed by atoms with Crippen LogP contribution in [0.1, 0.15) is 24.0 Å². The lowest BCUT2D eigenvalue weighted by molar-refractivity contribution is 0.263. The standard InChI is InChI=1S/C25H28F2N6O/c1-16-13-17(26)7-8-19(16)23-20-14-28-15-33(34,22-6-4-3-5-21(22)27)24(20)31-25(30-23)29-18-9-11-32(2)12-10-18/h3-8,13,18,28H,9-12,14-15H2,1-2H3,(H,29,30,31). The Hall–Kier alpha value is -2.98. The summed E-state index contributed by atoms with van der Waals surface area (Å²) in [6.45, 7) is 4.01. The third-order valence-electron chi connectivity index (χ3n) is 6.70. The van der Waals surface area contributed by atoms with Crippen molar-refractivity contribution in [1.29, 1.82) is 0 Å². The summed E-state index contributed by atoms with van der Waals surface area (Å²) in [4.78, 5) is 11.7. The second-order valence-corrected chi connectivity index (χ2v) is 9.16. The van der Waals surface area contributed by atoms with E-state index in [0.717, 1.165) is 31.5 Å². The van der Waals surface area contributed by atoms with Crippen molar-refractivity contribution in [3.63, 3.8) is 0 Å². The van der Waals surface area contributed by atoms with Gasteiger partial charge < -0.3 is 15.4 Å². The Balaban J connectivity index is 1.67. The van der Waals surface area contributed by atoms with Crippen molar-refractivity contribution in [2.24, 2.45) is 0 Å². The lowest BCUT2D eigenvalue weighted by Gasteiger charge is -2.44. The summed E-state index contributed by atoms with van der Waals surface area (Å²) in [5, 5.41) is 20.8. The van der Waals surface area contributed by atoms with Crippen LogP contribution in [-0.4, -0.2) is 47.7 Å². The normalized spacial score (nSPS) is 21.3. The third kappa shape index (κ3) is 4.16. The molecule has 2 aliphatic rings. The molecule has 9 heteroatoms. The number of aryl methyl sites for hydroxylation is 1. The van der Waals surface area contributed by atoms with E-state index in [-0.39, 0.29) is 30.0 Å². The topological polar surface area (TPSA) is 76.1 Å². The molecule has 0 radical (unpaired) electrons. The van der Waals surface area contributed by atoms with E-state index in [2.05, 4.69) is 27.6 Å². The van der Waals surface area contributed by atoms with Crippen LogP contribution < -0.4 is 15.3 Å². The molecule has 1 fully saturated rings. The molecule has 5 rings (SSSR count). The number of rotatable bonds is 4. The van der Waals surface area contributed by atoms with E-state index in [4.69, 9.17) is 4.98 Å². The fourth-order valence-corrected chi connectivity index (χ4v) is 4.81. The van der Waals surface area contributed by atoms with Crippen LogP contribution in [0, 0.1) is 23.8 Å². The quantitative estimate of drug-likeness (QED) is 0.438. The average molecular weight is 467 g/mol. The number of nitrogens with zero attached hydrogens (tertiary/aromatic N) is 4. The van der Waals surface area contributed by atoms with E-state index in [1.807, 2.05) is 6.92 Å². The SMILES string of the molecule is Cc1cc(F)ccc1-c1nc(NC2CCN(C)CC2)nc2c1CNC[N+]2([O-])c1ccccc1F. The number of quaternary nitrogens is 1. The number of hydrogen-bond acceptors (Lipinski definition) is 6. The Morgan fingerprint density at radius 2 is 1.88 bits per heavy atom. The fraction of sp³-hybridized carbons (Fsp3) is 0.360. The monoisotopic (exact) mass is 466 g/mol. The Morgan fingerprint density at radius 1 is 1.12 bits per heavy atom. The second kappa shape index (κ2) is 8.99. The number of likely N-dealkylation sites (tertiary alicyclic amines) is 1. The van der Waals surface area contributed by atoms with Gasteiger partial charge in [-0.05, 0) is 69.7 Å². The molecule has 0 spiro atoms. The van der Waals surface area contributed by atoms with Crippen LogP contribution in [0.15, 0.2) is 42.5 Å².